The van der Waals surface area contributed by atoms with E-state index in [-0.39, 0.29) is 34.3 Å². The fourth-order valence-corrected chi connectivity index (χ4v) is 1.04. The van der Waals surface area contributed by atoms with Gasteiger partial charge in [-0.05, 0) is 24.1 Å². The van der Waals surface area contributed by atoms with E-state index in [0.717, 1.165) is 0 Å². The molecule has 0 aliphatic rings. The molecule has 16 nitrogen and oxygen atoms in total. The summed E-state index contributed by atoms with van der Waals surface area (Å²) in [5, 5.41) is 26.6. The summed E-state index contributed by atoms with van der Waals surface area (Å²) in [6.07, 6.45) is 0.114. The van der Waals surface area contributed by atoms with Crippen LogP contribution in [-0.4, -0.2) is 73.1 Å². The predicted octanol–water partition coefficient (Wildman–Crippen LogP) is -4.28. The van der Waals surface area contributed by atoms with Crippen LogP contribution in [0, 0.1) is 0 Å². The molecule has 0 spiro atoms. The zero-order chi connectivity index (χ0) is 19.7. The first kappa shape index (κ1) is 36.3. The number of phenolic OH excluding ortho intramolecular Hbond substituents is 2. The van der Waals surface area contributed by atoms with Gasteiger partial charge in [0.15, 0.2) is 11.5 Å². The Hall–Kier alpha value is -1.65. The smallest absolute Gasteiger partial charge is 0.466 e. The molecule has 0 aromatic heterocycles. The van der Waals surface area contributed by atoms with E-state index in [9.17, 15) is 4.79 Å². The quantitative estimate of drug-likeness (QED) is 0.155. The third-order valence-corrected chi connectivity index (χ3v) is 1.81. The van der Waals surface area contributed by atoms with E-state index < -0.39 is 27.7 Å². The molecule has 17 N–H and O–H groups in total. The van der Waals surface area contributed by atoms with E-state index >= 15 is 0 Å². The first-order valence-corrected chi connectivity index (χ1v) is 8.69. The summed E-state index contributed by atoms with van der Waals surface area (Å²) in [6.45, 7) is 0. The Morgan fingerprint density at radius 1 is 0.889 bits per heavy atom. The van der Waals surface area contributed by atoms with Crippen molar-refractivity contribution in [2.75, 3.05) is 0 Å². The second-order valence-corrected chi connectivity index (χ2v) is 6.05. The summed E-state index contributed by atoms with van der Waals surface area (Å²) >= 11 is 0. The van der Waals surface area contributed by atoms with Crippen LogP contribution >= 0.6 is 15.6 Å². The van der Waals surface area contributed by atoms with Crippen LogP contribution in [-0.2, 0) is 20.3 Å². The third kappa shape index (κ3) is 32.5. The van der Waals surface area contributed by atoms with E-state index in [1.54, 1.807) is 0 Å². The molecule has 0 saturated heterocycles. The van der Waals surface area contributed by atoms with Crippen molar-refractivity contribution < 1.29 is 75.0 Å². The maximum Gasteiger partial charge on any atom is 0.466 e. The Balaban J connectivity index is -0.000000106. The lowest BCUT2D eigenvalue weighted by atomic mass is 10.1. The van der Waals surface area contributed by atoms with Crippen molar-refractivity contribution >= 4 is 21.6 Å². The average molecular weight is 447 g/mol. The summed E-state index contributed by atoms with van der Waals surface area (Å²) in [4.78, 5) is 53.5. The van der Waals surface area contributed by atoms with E-state index in [2.05, 4.69) is 0 Å². The largest absolute Gasteiger partial charge is 0.504 e. The summed E-state index contributed by atoms with van der Waals surface area (Å²) < 4.78 is 17.8. The number of hydrogen-bond donors (Lipinski definition) is 10. The van der Waals surface area contributed by atoms with Gasteiger partial charge in [-0.1, -0.05) is 6.07 Å². The van der Waals surface area contributed by atoms with Crippen molar-refractivity contribution in [1.29, 1.82) is 0 Å². The number of hydrogen-bond acceptors (Lipinski definition) is 6. The summed E-state index contributed by atoms with van der Waals surface area (Å²) in [6, 6.07) is 3.09. The maximum absolute atomic E-state index is 10.4. The lowest BCUT2D eigenvalue weighted by Crippen LogP contribution is -2.32. The molecule has 1 rings (SSSR count). The van der Waals surface area contributed by atoms with Gasteiger partial charge in [0.1, 0.15) is 6.04 Å². The van der Waals surface area contributed by atoms with Crippen LogP contribution in [0.3, 0.4) is 0 Å². The van der Waals surface area contributed by atoms with Gasteiger partial charge in [-0.15, -0.1) is 0 Å². The van der Waals surface area contributed by atoms with Crippen LogP contribution in [0.4, 0.5) is 0 Å². The predicted molar refractivity (Wildman–Crippen MR) is 88.5 cm³/mol. The number of aromatic hydroxyl groups is 2. The van der Waals surface area contributed by atoms with Crippen LogP contribution in [0.25, 0.3) is 0 Å². The minimum atomic E-state index is -4.64. The molecule has 0 fully saturated rings. The number of phosphoric acid groups is 2. The van der Waals surface area contributed by atoms with E-state index in [1.807, 2.05) is 0 Å². The first-order chi connectivity index (χ1) is 10.5. The molecule has 0 amide bonds. The molecule has 1 aromatic rings. The molecule has 0 saturated carbocycles. The van der Waals surface area contributed by atoms with Gasteiger partial charge in [0.2, 0.25) is 0 Å². The maximum atomic E-state index is 10.4. The molecule has 1 aromatic carbocycles. The topological polar surface area (TPSA) is 354 Å². The molecule has 0 heterocycles. The molecule has 0 bridgehead atoms. The highest BCUT2D eigenvalue weighted by Crippen LogP contribution is 2.26. The van der Waals surface area contributed by atoms with Crippen LogP contribution in [0.1, 0.15) is 5.56 Å². The minimum absolute atomic E-state index is 0. The highest BCUT2D eigenvalue weighted by Gasteiger charge is 2.12. The number of rotatable bonds is 3. The number of aliphatic carboxylic acids is 1. The van der Waals surface area contributed by atoms with E-state index in [0.29, 0.717) is 5.56 Å². The van der Waals surface area contributed by atoms with Gasteiger partial charge in [-0.3, -0.25) is 4.79 Å². The van der Waals surface area contributed by atoms with E-state index in [1.165, 1.54) is 18.2 Å². The fraction of sp³-hybridized carbons (Fsp3) is 0.222. The van der Waals surface area contributed by atoms with Crippen LogP contribution in [0.15, 0.2) is 18.2 Å². The Morgan fingerprint density at radius 2 is 1.22 bits per heavy atom. The summed E-state index contributed by atoms with van der Waals surface area (Å²) in [5.74, 6) is -1.62. The van der Waals surface area contributed by atoms with Gasteiger partial charge in [0.25, 0.3) is 0 Å². The number of benzene rings is 1. The zero-order valence-corrected chi connectivity index (χ0v) is 15.0. The molecular formula is C9H23NO15P2. The Bertz CT molecular complexity index is 589. The molecule has 0 radical (unpaired) electrons. The van der Waals surface area contributed by atoms with Gasteiger partial charge in [0.05, 0.1) is 0 Å². The molecule has 1 unspecified atom stereocenters. The second kappa shape index (κ2) is 15.4. The van der Waals surface area contributed by atoms with Crippen LogP contribution in [0.2, 0.25) is 0 Å². The molecular weight excluding hydrogens is 424 g/mol. The van der Waals surface area contributed by atoms with Crippen LogP contribution in [0.5, 0.6) is 11.5 Å². The Kier molecular flexibility index (Phi) is 20.7. The van der Waals surface area contributed by atoms with Crippen molar-refractivity contribution in [3.05, 3.63) is 23.8 Å². The number of carboxylic acids is 1. The average Bonchev–Trinajstić information content (AvgIpc) is 2.29. The standard InChI is InChI=1S/C9H11NO4.2H3O4P.3H2O/c10-6(9(13)14)3-5-1-2-7(11)8(12)4-5;2*1-5(2,3)4;;;/h1-2,4,6,11-12H,3,10H2,(H,13,14);2*(H3,1,2,3,4);3*1H2. The molecule has 27 heavy (non-hydrogen) atoms. The Labute approximate surface area is 151 Å². The van der Waals surface area contributed by atoms with Crippen LogP contribution < -0.4 is 5.73 Å². The van der Waals surface area contributed by atoms with Crippen molar-refractivity contribution in [2.24, 2.45) is 5.73 Å². The zero-order valence-electron chi connectivity index (χ0n) is 13.2. The highest BCUT2D eigenvalue weighted by atomic mass is 31.2. The van der Waals surface area contributed by atoms with Gasteiger partial charge < -0.3 is 66.8 Å². The fourth-order valence-electron chi connectivity index (χ4n) is 1.04. The lowest BCUT2D eigenvalue weighted by molar-refractivity contribution is -0.138. The molecule has 0 aliphatic carbocycles. The van der Waals surface area contributed by atoms with Crippen molar-refractivity contribution in [3.63, 3.8) is 0 Å². The van der Waals surface area contributed by atoms with Gasteiger partial charge in [-0.2, -0.15) is 0 Å². The number of carboxylic acid groups (broad SMARTS) is 1. The van der Waals surface area contributed by atoms with Crippen molar-refractivity contribution in [1.82, 2.24) is 0 Å². The minimum Gasteiger partial charge on any atom is -0.504 e. The number of nitrogens with two attached hydrogens (primary N) is 1. The molecule has 18 heteroatoms. The number of carbonyl (C=O) groups is 1. The summed E-state index contributed by atoms with van der Waals surface area (Å²) in [5.41, 5.74) is 5.86. The van der Waals surface area contributed by atoms with Gasteiger partial charge in [0, 0.05) is 0 Å². The number of phenols is 2. The lowest BCUT2D eigenvalue weighted by Gasteiger charge is -2.06. The van der Waals surface area contributed by atoms with E-state index in [4.69, 9.17) is 59.5 Å². The highest BCUT2D eigenvalue weighted by molar-refractivity contribution is 7.45. The second-order valence-electron chi connectivity index (χ2n) is 4.00. The molecule has 1 atom stereocenters. The van der Waals surface area contributed by atoms with Gasteiger partial charge >= 0.3 is 21.6 Å². The summed E-state index contributed by atoms with van der Waals surface area (Å²) in [7, 11) is -9.28. The first-order valence-electron chi connectivity index (χ1n) is 5.56. The Morgan fingerprint density at radius 3 is 1.48 bits per heavy atom. The van der Waals surface area contributed by atoms with Crippen molar-refractivity contribution in [2.45, 2.75) is 12.5 Å². The monoisotopic (exact) mass is 447 g/mol. The van der Waals surface area contributed by atoms with Crippen molar-refractivity contribution in [3.8, 4) is 11.5 Å². The SMILES string of the molecule is NC(Cc1ccc(O)c(O)c1)C(=O)O.O.O.O.O=P(O)(O)O.O=P(O)(O)O. The molecule has 164 valence electrons. The normalized spacial score (nSPS) is 10.8. The molecule has 0 aliphatic heterocycles. The van der Waals surface area contributed by atoms with Gasteiger partial charge in [-0.25, -0.2) is 9.13 Å². The third-order valence-electron chi connectivity index (χ3n) is 1.81.